The zero-order chi connectivity index (χ0) is 49.1. The van der Waals surface area contributed by atoms with Crippen molar-refractivity contribution >= 4 is 81.9 Å². The van der Waals surface area contributed by atoms with Gasteiger partial charge in [0.15, 0.2) is 10.9 Å². The van der Waals surface area contributed by atoms with E-state index in [2.05, 4.69) is 23.3 Å². The van der Waals surface area contributed by atoms with Crippen LogP contribution in [0.5, 0.6) is 0 Å². The van der Waals surface area contributed by atoms with E-state index in [-0.39, 0.29) is 73.2 Å². The summed E-state index contributed by atoms with van der Waals surface area (Å²) >= 11 is 0. The molecule has 2 rings (SSSR count). The zero-order valence-corrected chi connectivity index (χ0v) is 44.7. The second-order valence-electron chi connectivity index (χ2n) is 16.8. The summed E-state index contributed by atoms with van der Waals surface area (Å²) in [5.74, 6) is -3.48. The quantitative estimate of drug-likeness (QED) is 0.0204. The predicted octanol–water partition coefficient (Wildman–Crippen LogP) is 11.6. The normalized spacial score (nSPS) is 12.1. The third kappa shape index (κ3) is 31.3. The minimum atomic E-state index is -4.79. The number of carbonyl (C=O) groups excluding carboxylic acids is 4. The molecule has 0 radical (unpaired) electrons. The SMILES string of the molecule is CCCCCCCCCCCCCCCOC(=O)c1ccccc1C(=O)OC(C)S(=O)(=O)[O-].CCCCCCCCCCCCCCCOC(=O)c1ccccc1C(=O)OC(C)S(=O)(=O)[O-].[Ca+2]. The van der Waals surface area contributed by atoms with Crippen LogP contribution in [0.2, 0.25) is 0 Å². The van der Waals surface area contributed by atoms with Crippen LogP contribution in [0.1, 0.15) is 236 Å². The molecule has 0 saturated heterocycles. The van der Waals surface area contributed by atoms with E-state index in [1.54, 1.807) is 12.1 Å². The third-order valence-electron chi connectivity index (χ3n) is 11.1. The van der Waals surface area contributed by atoms with Crippen molar-refractivity contribution in [3.63, 3.8) is 0 Å². The van der Waals surface area contributed by atoms with E-state index in [0.717, 1.165) is 52.4 Å². The molecule has 0 amide bonds. The average Bonchev–Trinajstić information content (AvgIpc) is 3.28. The maximum atomic E-state index is 12.4. The van der Waals surface area contributed by atoms with Crippen molar-refractivity contribution in [1.82, 2.24) is 0 Å². The molecule has 0 N–H and O–H groups in total. The van der Waals surface area contributed by atoms with Gasteiger partial charge in [0.1, 0.15) is 20.2 Å². The van der Waals surface area contributed by atoms with Gasteiger partial charge in [-0.15, -0.1) is 0 Å². The van der Waals surface area contributed by atoms with Gasteiger partial charge in [-0.1, -0.05) is 192 Å². The molecule has 0 fully saturated rings. The van der Waals surface area contributed by atoms with Crippen LogP contribution < -0.4 is 0 Å². The Bertz CT molecular complexity index is 1750. The molecule has 0 aliphatic carbocycles. The van der Waals surface area contributed by atoms with Crippen LogP contribution in [0.25, 0.3) is 0 Å². The van der Waals surface area contributed by atoms with Crippen LogP contribution in [0.3, 0.4) is 0 Å². The Morgan fingerprint density at radius 1 is 0.403 bits per heavy atom. The molecule has 2 unspecified atom stereocenters. The second-order valence-corrected chi connectivity index (χ2v) is 20.1. The van der Waals surface area contributed by atoms with Gasteiger partial charge in [-0.05, 0) is 51.0 Å². The summed E-state index contributed by atoms with van der Waals surface area (Å²) in [6.45, 7) is 6.89. The Kier molecular flexibility index (Phi) is 37.6. The number of hydrogen-bond acceptors (Lipinski definition) is 14. The molecule has 67 heavy (non-hydrogen) atoms. The maximum absolute atomic E-state index is 12.4. The van der Waals surface area contributed by atoms with E-state index in [4.69, 9.17) is 9.47 Å². The summed E-state index contributed by atoms with van der Waals surface area (Å²) < 4.78 is 85.6. The van der Waals surface area contributed by atoms with Crippen LogP contribution in [0, 0.1) is 0 Å². The number of rotatable bonds is 36. The van der Waals surface area contributed by atoms with Crippen molar-refractivity contribution in [2.75, 3.05) is 13.2 Å². The largest absolute Gasteiger partial charge is 2.00 e. The molecule has 0 aliphatic heterocycles. The third-order valence-corrected chi connectivity index (χ3v) is 12.9. The second kappa shape index (κ2) is 39.2. The number of hydrogen-bond donors (Lipinski definition) is 0. The predicted molar refractivity (Wildman–Crippen MR) is 260 cm³/mol. The Morgan fingerprint density at radius 3 is 0.836 bits per heavy atom. The fourth-order valence-corrected chi connectivity index (χ4v) is 7.36. The Hall–Kier alpha value is -2.60. The van der Waals surface area contributed by atoms with E-state index in [0.29, 0.717) is 0 Å². The van der Waals surface area contributed by atoms with Crippen molar-refractivity contribution < 1.29 is 64.1 Å². The number of ether oxygens (including phenoxy) is 4. The summed E-state index contributed by atoms with van der Waals surface area (Å²) in [7, 11) is -9.57. The molecular weight excluding hydrogens is 929 g/mol. The molecule has 17 heteroatoms. The first-order valence-electron chi connectivity index (χ1n) is 24.4. The first-order chi connectivity index (χ1) is 31.5. The van der Waals surface area contributed by atoms with Gasteiger partial charge in [-0.3, -0.25) is 0 Å². The molecule has 0 bridgehead atoms. The van der Waals surface area contributed by atoms with Gasteiger partial charge in [0, 0.05) is 0 Å². The van der Waals surface area contributed by atoms with Crippen LogP contribution in [-0.2, 0) is 39.2 Å². The monoisotopic (exact) mass is 1010 g/mol. The number of esters is 4. The summed E-state index contributed by atoms with van der Waals surface area (Å²) in [6.07, 6.45) is 31.7. The van der Waals surface area contributed by atoms with Gasteiger partial charge in [-0.2, -0.15) is 0 Å². The number of benzene rings is 2. The standard InChI is InChI=1S/2C25H40O7S.Ca/c2*1-3-4-5-6-7-8-9-10-11-12-13-14-17-20-31-24(26)22-18-15-16-19-23(22)25(27)32-21(2)33(28,29)30;/h2*15-16,18-19,21H,3-14,17,20H2,1-2H3,(H,28,29,30);/q;;+2/p-2. The molecule has 0 spiro atoms. The average molecular weight is 1010 g/mol. The minimum absolute atomic E-state index is 0. The fraction of sp³-hybridized carbons (Fsp3) is 0.680. The van der Waals surface area contributed by atoms with Gasteiger partial charge in [0.2, 0.25) is 0 Å². The fourth-order valence-electron chi connectivity index (χ4n) is 6.95. The topological polar surface area (TPSA) is 220 Å². The summed E-state index contributed by atoms with van der Waals surface area (Å²) in [6, 6.07) is 11.6. The molecule has 14 nitrogen and oxygen atoms in total. The van der Waals surface area contributed by atoms with Gasteiger partial charge < -0.3 is 28.1 Å². The number of unbranched alkanes of at least 4 members (excludes halogenated alkanes) is 24. The first kappa shape index (κ1) is 64.4. The Balaban J connectivity index is 0.00000128. The van der Waals surface area contributed by atoms with Crippen molar-refractivity contribution in [3.05, 3.63) is 70.8 Å². The molecular formula is C50H78CaO14S2. The molecule has 2 aromatic rings. The van der Waals surface area contributed by atoms with E-state index in [1.165, 1.54) is 165 Å². The van der Waals surface area contributed by atoms with Crippen LogP contribution in [0.15, 0.2) is 48.5 Å². The number of carbonyl (C=O) groups is 4. The first-order valence-corrected chi connectivity index (χ1v) is 27.3. The molecule has 0 saturated carbocycles. The van der Waals surface area contributed by atoms with Crippen molar-refractivity contribution in [2.24, 2.45) is 0 Å². The molecule has 376 valence electrons. The van der Waals surface area contributed by atoms with Crippen LogP contribution in [-0.4, -0.2) is 112 Å². The minimum Gasteiger partial charge on any atom is -0.745 e. The maximum Gasteiger partial charge on any atom is 2.00 e. The van der Waals surface area contributed by atoms with Crippen LogP contribution >= 0.6 is 0 Å². The van der Waals surface area contributed by atoms with Gasteiger partial charge in [-0.25, -0.2) is 36.0 Å². The van der Waals surface area contributed by atoms with Gasteiger partial charge in [0.25, 0.3) is 0 Å². The van der Waals surface area contributed by atoms with Crippen molar-refractivity contribution in [1.29, 1.82) is 0 Å². The van der Waals surface area contributed by atoms with Crippen molar-refractivity contribution in [3.8, 4) is 0 Å². The molecule has 2 atom stereocenters. The summed E-state index contributed by atoms with van der Waals surface area (Å²) in [5.41, 5.74) is -4.01. The zero-order valence-electron chi connectivity index (χ0n) is 40.8. The van der Waals surface area contributed by atoms with Gasteiger partial charge >= 0.3 is 61.6 Å². The molecule has 0 aromatic heterocycles. The smallest absolute Gasteiger partial charge is 0.745 e. The van der Waals surface area contributed by atoms with Gasteiger partial charge in [0.05, 0.1) is 35.5 Å². The van der Waals surface area contributed by atoms with Crippen molar-refractivity contribution in [2.45, 2.75) is 206 Å². The Morgan fingerprint density at radius 2 is 0.612 bits per heavy atom. The van der Waals surface area contributed by atoms with E-state index < -0.39 is 55.0 Å². The molecule has 0 aliphatic rings. The van der Waals surface area contributed by atoms with E-state index in [1.807, 2.05) is 0 Å². The molecule has 2 aromatic carbocycles. The summed E-state index contributed by atoms with van der Waals surface area (Å²) in [4.78, 5) is 49.1. The Labute approximate surface area is 432 Å². The van der Waals surface area contributed by atoms with Crippen LogP contribution in [0.4, 0.5) is 0 Å². The van der Waals surface area contributed by atoms with E-state index in [9.17, 15) is 45.1 Å². The van der Waals surface area contributed by atoms with E-state index >= 15 is 0 Å². The summed E-state index contributed by atoms with van der Waals surface area (Å²) in [5, 5.41) is 0. The molecule has 0 heterocycles.